The third-order valence-electron chi connectivity index (χ3n) is 2.95. The van der Waals surface area contributed by atoms with E-state index in [0.29, 0.717) is 11.9 Å². The lowest BCUT2D eigenvalue weighted by atomic mass is 10.2. The van der Waals surface area contributed by atoms with Crippen molar-refractivity contribution in [1.29, 1.82) is 0 Å². The largest absolute Gasteiger partial charge is 0.385 e. The molecular formula is C13H24ClN5O. The molecule has 0 fully saturated rings. The second-order valence-corrected chi connectivity index (χ2v) is 4.72. The smallest absolute Gasteiger partial charge is 0.231 e. The van der Waals surface area contributed by atoms with Crippen LogP contribution in [0.5, 0.6) is 0 Å². The molecule has 0 spiro atoms. The first-order chi connectivity index (χ1) is 9.71. The number of anilines is 2. The first kappa shape index (κ1) is 16.9. The van der Waals surface area contributed by atoms with Gasteiger partial charge >= 0.3 is 0 Å². The van der Waals surface area contributed by atoms with Gasteiger partial charge in [0.05, 0.1) is 0 Å². The van der Waals surface area contributed by atoms with Crippen molar-refractivity contribution >= 4 is 23.5 Å². The van der Waals surface area contributed by atoms with Crippen molar-refractivity contribution in [2.75, 3.05) is 43.6 Å². The summed E-state index contributed by atoms with van der Waals surface area (Å²) in [7, 11) is 1.72. The minimum Gasteiger partial charge on any atom is -0.385 e. The molecule has 0 unspecified atom stereocenters. The van der Waals surface area contributed by atoms with Crippen LogP contribution in [0.25, 0.3) is 0 Å². The van der Waals surface area contributed by atoms with Gasteiger partial charge in [-0.2, -0.15) is 15.0 Å². The topological polar surface area (TPSA) is 63.2 Å². The quantitative estimate of drug-likeness (QED) is 0.670. The molecule has 1 rings (SSSR count). The molecule has 6 nitrogen and oxygen atoms in total. The van der Waals surface area contributed by atoms with E-state index in [1.54, 1.807) is 7.11 Å². The average molecular weight is 302 g/mol. The number of nitrogens with one attached hydrogen (secondary N) is 1. The van der Waals surface area contributed by atoms with Crippen molar-refractivity contribution in [2.24, 2.45) is 0 Å². The summed E-state index contributed by atoms with van der Waals surface area (Å²) in [5.74, 6) is 1.16. The predicted octanol–water partition coefficient (Wildman–Crippen LogP) is 2.60. The fourth-order valence-electron chi connectivity index (χ4n) is 1.81. The van der Waals surface area contributed by atoms with Gasteiger partial charge in [0.25, 0.3) is 0 Å². The molecule has 1 aromatic rings. The summed E-state index contributed by atoms with van der Waals surface area (Å²) >= 11 is 5.94. The predicted molar refractivity (Wildman–Crippen MR) is 82.6 cm³/mol. The van der Waals surface area contributed by atoms with Crippen LogP contribution in [0, 0.1) is 0 Å². The Balaban J connectivity index is 2.49. The summed E-state index contributed by atoms with van der Waals surface area (Å²) < 4.78 is 5.01. The Morgan fingerprint density at radius 2 is 1.85 bits per heavy atom. The third kappa shape index (κ3) is 5.88. The zero-order valence-electron chi connectivity index (χ0n) is 12.5. The highest BCUT2D eigenvalue weighted by molar-refractivity contribution is 6.28. The van der Waals surface area contributed by atoms with Gasteiger partial charge in [-0.25, -0.2) is 0 Å². The Hall–Kier alpha value is -1.14. The third-order valence-corrected chi connectivity index (χ3v) is 3.12. The number of methoxy groups -OCH3 is 1. The maximum absolute atomic E-state index is 5.94. The molecule has 0 amide bonds. The average Bonchev–Trinajstić information content (AvgIpc) is 2.43. The lowest BCUT2D eigenvalue weighted by Crippen LogP contribution is -2.25. The summed E-state index contributed by atoms with van der Waals surface area (Å²) in [6.45, 7) is 7.43. The molecule has 0 atom stereocenters. The first-order valence-electron chi connectivity index (χ1n) is 7.10. The van der Waals surface area contributed by atoms with Crippen molar-refractivity contribution in [3.8, 4) is 0 Å². The number of unbranched alkanes of at least 4 members (excludes halogenated alkanes) is 2. The molecule has 1 aromatic heterocycles. The summed E-state index contributed by atoms with van der Waals surface area (Å²) in [6.07, 6.45) is 3.23. The lowest BCUT2D eigenvalue weighted by Gasteiger charge is -2.18. The van der Waals surface area contributed by atoms with Crippen molar-refractivity contribution in [3.63, 3.8) is 0 Å². The summed E-state index contributed by atoms with van der Waals surface area (Å²) in [4.78, 5) is 14.7. The van der Waals surface area contributed by atoms with E-state index < -0.39 is 0 Å². The maximum atomic E-state index is 5.94. The van der Waals surface area contributed by atoms with Crippen LogP contribution >= 0.6 is 11.6 Å². The molecule has 0 saturated carbocycles. The van der Waals surface area contributed by atoms with Gasteiger partial charge in [-0.15, -0.1) is 0 Å². The van der Waals surface area contributed by atoms with Gasteiger partial charge in [-0.3, -0.25) is 0 Å². The van der Waals surface area contributed by atoms with Gasteiger partial charge in [0.15, 0.2) is 0 Å². The van der Waals surface area contributed by atoms with Crippen molar-refractivity contribution in [2.45, 2.75) is 33.1 Å². The van der Waals surface area contributed by atoms with Crippen LogP contribution in [-0.4, -0.2) is 48.3 Å². The number of rotatable bonds is 10. The molecule has 1 N–H and O–H groups in total. The van der Waals surface area contributed by atoms with Crippen LogP contribution in [0.4, 0.5) is 11.9 Å². The van der Waals surface area contributed by atoms with Gasteiger partial charge in [0.1, 0.15) is 0 Å². The Morgan fingerprint density at radius 3 is 2.50 bits per heavy atom. The Bertz CT molecular complexity index is 387. The highest BCUT2D eigenvalue weighted by atomic mass is 35.5. The van der Waals surface area contributed by atoms with Crippen LogP contribution in [0.3, 0.4) is 0 Å². The van der Waals surface area contributed by atoms with Gasteiger partial charge in [-0.1, -0.05) is 0 Å². The van der Waals surface area contributed by atoms with E-state index in [4.69, 9.17) is 16.3 Å². The highest BCUT2D eigenvalue weighted by Crippen LogP contribution is 2.13. The van der Waals surface area contributed by atoms with E-state index >= 15 is 0 Å². The molecule has 0 aliphatic carbocycles. The van der Waals surface area contributed by atoms with Gasteiger partial charge in [0.2, 0.25) is 17.2 Å². The lowest BCUT2D eigenvalue weighted by molar-refractivity contribution is 0.192. The molecule has 0 aliphatic heterocycles. The van der Waals surface area contributed by atoms with E-state index in [9.17, 15) is 0 Å². The molecule has 1 heterocycles. The fourth-order valence-corrected chi connectivity index (χ4v) is 1.97. The number of nitrogens with zero attached hydrogens (tertiary/aromatic N) is 4. The van der Waals surface area contributed by atoms with Crippen LogP contribution < -0.4 is 10.2 Å². The number of hydrogen-bond acceptors (Lipinski definition) is 6. The van der Waals surface area contributed by atoms with E-state index in [1.807, 2.05) is 4.90 Å². The zero-order chi connectivity index (χ0) is 14.8. The number of ether oxygens (including phenoxy) is 1. The van der Waals surface area contributed by atoms with Crippen LogP contribution in [0.2, 0.25) is 5.28 Å². The SMILES string of the molecule is CCN(CC)c1nc(Cl)nc(NCCCCCOC)n1. The highest BCUT2D eigenvalue weighted by Gasteiger charge is 2.09. The van der Waals surface area contributed by atoms with Gasteiger partial charge < -0.3 is 15.0 Å². The molecular weight excluding hydrogens is 278 g/mol. The molecule has 7 heteroatoms. The number of hydrogen-bond donors (Lipinski definition) is 1. The molecule has 20 heavy (non-hydrogen) atoms. The fraction of sp³-hybridized carbons (Fsp3) is 0.769. The first-order valence-corrected chi connectivity index (χ1v) is 7.48. The molecule has 0 radical (unpaired) electrons. The van der Waals surface area contributed by atoms with E-state index in [1.165, 1.54) is 0 Å². The van der Waals surface area contributed by atoms with E-state index in [-0.39, 0.29) is 5.28 Å². The Kier molecular flexibility index (Phi) is 8.22. The van der Waals surface area contributed by atoms with Crippen LogP contribution in [-0.2, 0) is 4.74 Å². The second-order valence-electron chi connectivity index (χ2n) is 4.38. The number of halogens is 1. The Morgan fingerprint density at radius 1 is 1.10 bits per heavy atom. The molecule has 114 valence electrons. The van der Waals surface area contributed by atoms with Crippen molar-refractivity contribution in [1.82, 2.24) is 15.0 Å². The monoisotopic (exact) mass is 301 g/mol. The normalized spacial score (nSPS) is 10.6. The summed E-state index contributed by atoms with van der Waals surface area (Å²) in [5, 5.41) is 3.42. The maximum Gasteiger partial charge on any atom is 0.231 e. The zero-order valence-corrected chi connectivity index (χ0v) is 13.3. The second kappa shape index (κ2) is 9.72. The summed E-state index contributed by atoms with van der Waals surface area (Å²) in [5.41, 5.74) is 0. The van der Waals surface area contributed by atoms with E-state index in [0.717, 1.165) is 45.5 Å². The number of aromatic nitrogens is 3. The molecule has 0 saturated heterocycles. The standard InChI is InChI=1S/C13H24ClN5O/c1-4-19(5-2)13-17-11(14)16-12(18-13)15-9-7-6-8-10-20-3/h4-10H2,1-3H3,(H,15,16,17,18). The van der Waals surface area contributed by atoms with Crippen LogP contribution in [0.1, 0.15) is 33.1 Å². The molecule has 0 bridgehead atoms. The van der Waals surface area contributed by atoms with Gasteiger partial charge in [-0.05, 0) is 44.7 Å². The molecule has 0 aromatic carbocycles. The summed E-state index contributed by atoms with van der Waals surface area (Å²) in [6, 6.07) is 0. The van der Waals surface area contributed by atoms with Crippen molar-refractivity contribution in [3.05, 3.63) is 5.28 Å². The van der Waals surface area contributed by atoms with E-state index in [2.05, 4.69) is 34.1 Å². The van der Waals surface area contributed by atoms with Crippen LogP contribution in [0.15, 0.2) is 0 Å². The molecule has 0 aliphatic rings. The minimum absolute atomic E-state index is 0.226. The minimum atomic E-state index is 0.226. The van der Waals surface area contributed by atoms with Crippen molar-refractivity contribution < 1.29 is 4.74 Å². The van der Waals surface area contributed by atoms with Gasteiger partial charge in [0, 0.05) is 33.4 Å². The Labute approximate surface area is 125 Å².